The average molecular weight is 426 g/mol. The molecular formula is C22H27F3NO4+. The zero-order valence-electron chi connectivity index (χ0n) is 17.4. The highest BCUT2D eigenvalue weighted by molar-refractivity contribution is 5.82. The molecule has 0 saturated carbocycles. The van der Waals surface area contributed by atoms with Gasteiger partial charge in [-0.25, -0.2) is 0 Å². The number of halogens is 3. The lowest BCUT2D eigenvalue weighted by Crippen LogP contribution is -2.48. The maximum atomic E-state index is 12.9. The molecule has 0 amide bonds. The Morgan fingerprint density at radius 3 is 2.13 bits per heavy atom. The molecule has 0 bridgehead atoms. The lowest BCUT2D eigenvalue weighted by atomic mass is 9.92. The van der Waals surface area contributed by atoms with E-state index in [2.05, 4.69) is 0 Å². The summed E-state index contributed by atoms with van der Waals surface area (Å²) in [6.07, 6.45) is -4.03. The quantitative estimate of drug-likeness (QED) is 0.327. The molecule has 0 aliphatic rings. The molecule has 0 spiro atoms. The van der Waals surface area contributed by atoms with Crippen LogP contribution >= 0.6 is 0 Å². The van der Waals surface area contributed by atoms with Gasteiger partial charge in [-0.05, 0) is 61.3 Å². The van der Waals surface area contributed by atoms with Crippen molar-refractivity contribution in [2.75, 3.05) is 6.61 Å². The van der Waals surface area contributed by atoms with Gasteiger partial charge in [0.1, 0.15) is 0 Å². The number of hydrogen-bond acceptors (Lipinski definition) is 4. The average Bonchev–Trinajstić information content (AvgIpc) is 2.68. The third-order valence-electron chi connectivity index (χ3n) is 5.00. The van der Waals surface area contributed by atoms with E-state index >= 15 is 0 Å². The minimum atomic E-state index is -4.47. The van der Waals surface area contributed by atoms with Crippen LogP contribution in [0.15, 0.2) is 42.5 Å². The second-order valence-electron chi connectivity index (χ2n) is 7.31. The van der Waals surface area contributed by atoms with Crippen LogP contribution in [0.3, 0.4) is 0 Å². The summed E-state index contributed by atoms with van der Waals surface area (Å²) >= 11 is 0. The minimum absolute atomic E-state index is 0.0602. The monoisotopic (exact) mass is 426 g/mol. The molecule has 0 saturated heterocycles. The summed E-state index contributed by atoms with van der Waals surface area (Å²) in [5, 5.41) is 21.4. The van der Waals surface area contributed by atoms with E-state index in [1.54, 1.807) is 32.9 Å². The van der Waals surface area contributed by atoms with Crippen LogP contribution in [0, 0.1) is 0 Å². The summed E-state index contributed by atoms with van der Waals surface area (Å²) < 4.78 is 43.8. The van der Waals surface area contributed by atoms with E-state index in [0.29, 0.717) is 23.1 Å². The van der Waals surface area contributed by atoms with Crippen LogP contribution in [0.25, 0.3) is 11.1 Å². The summed E-state index contributed by atoms with van der Waals surface area (Å²) in [5.41, 5.74) is 0.540. The van der Waals surface area contributed by atoms with Gasteiger partial charge in [-0.3, -0.25) is 4.79 Å². The summed E-state index contributed by atoms with van der Waals surface area (Å²) in [5.74, 6) is -1.02. The SMILES string of the molecule is CCOC(=O)C(CC)c1ccc(-c2ccc(C(F)(F)F)cc2)c([N+](O)(O)C(C)C)c1. The number of carbonyl (C=O) groups excluding carboxylic acids is 1. The Morgan fingerprint density at radius 1 is 1.07 bits per heavy atom. The van der Waals surface area contributed by atoms with E-state index in [0.717, 1.165) is 12.1 Å². The Labute approximate surface area is 173 Å². The van der Waals surface area contributed by atoms with E-state index in [9.17, 15) is 28.4 Å². The molecule has 164 valence electrons. The minimum Gasteiger partial charge on any atom is -0.466 e. The summed E-state index contributed by atoms with van der Waals surface area (Å²) in [4.78, 5) is 10.8. The van der Waals surface area contributed by atoms with Crippen LogP contribution in [-0.2, 0) is 15.7 Å². The smallest absolute Gasteiger partial charge is 0.416 e. The van der Waals surface area contributed by atoms with E-state index in [4.69, 9.17) is 4.74 Å². The van der Waals surface area contributed by atoms with Crippen LogP contribution in [0.1, 0.15) is 51.2 Å². The fourth-order valence-corrected chi connectivity index (χ4v) is 3.18. The molecular weight excluding hydrogens is 399 g/mol. The van der Waals surface area contributed by atoms with Gasteiger partial charge in [-0.2, -0.15) is 23.6 Å². The number of alkyl halides is 3. The fraction of sp³-hybridized carbons (Fsp3) is 0.409. The van der Waals surface area contributed by atoms with Gasteiger partial charge in [0.2, 0.25) is 5.69 Å². The van der Waals surface area contributed by atoms with E-state index < -0.39 is 34.5 Å². The largest absolute Gasteiger partial charge is 0.466 e. The summed E-state index contributed by atoms with van der Waals surface area (Å²) in [7, 11) is 0. The molecule has 0 aromatic heterocycles. The number of benzene rings is 2. The van der Waals surface area contributed by atoms with Crippen molar-refractivity contribution in [3.8, 4) is 11.1 Å². The van der Waals surface area contributed by atoms with Crippen LogP contribution < -0.4 is 4.81 Å². The third kappa shape index (κ3) is 5.00. The van der Waals surface area contributed by atoms with Gasteiger partial charge in [-0.15, -0.1) is 0 Å². The molecule has 2 aromatic carbocycles. The molecule has 5 nitrogen and oxygen atoms in total. The molecule has 2 rings (SSSR count). The molecule has 2 N–H and O–H groups in total. The summed E-state index contributed by atoms with van der Waals surface area (Å²) in [6.45, 7) is 6.91. The normalized spacial score (nSPS) is 13.4. The number of nitrogens with zero attached hydrogens (tertiary/aromatic N) is 1. The molecule has 0 heterocycles. The Bertz CT molecular complexity index is 877. The van der Waals surface area contributed by atoms with Crippen molar-refractivity contribution in [2.24, 2.45) is 0 Å². The van der Waals surface area contributed by atoms with E-state index in [-0.39, 0.29) is 12.3 Å². The van der Waals surface area contributed by atoms with Crippen molar-refractivity contribution in [3.63, 3.8) is 0 Å². The highest BCUT2D eigenvalue weighted by Crippen LogP contribution is 2.39. The topological polar surface area (TPSA) is 66.8 Å². The van der Waals surface area contributed by atoms with Crippen LogP contribution in [0.2, 0.25) is 0 Å². The molecule has 0 aliphatic heterocycles. The molecule has 1 atom stereocenters. The molecule has 30 heavy (non-hydrogen) atoms. The number of rotatable bonds is 7. The third-order valence-corrected chi connectivity index (χ3v) is 5.00. The number of carbonyl (C=O) groups is 1. The van der Waals surface area contributed by atoms with Crippen LogP contribution in [0.4, 0.5) is 18.9 Å². The number of hydroxylamine groups is 2. The molecule has 0 radical (unpaired) electrons. The Balaban J connectivity index is 2.62. The number of hydrogen-bond donors (Lipinski definition) is 2. The molecule has 2 aromatic rings. The first kappa shape index (κ1) is 23.9. The maximum Gasteiger partial charge on any atom is 0.416 e. The highest BCUT2D eigenvalue weighted by atomic mass is 19.4. The highest BCUT2D eigenvalue weighted by Gasteiger charge is 2.36. The summed E-state index contributed by atoms with van der Waals surface area (Å²) in [6, 6.07) is 8.51. The zero-order chi connectivity index (χ0) is 22.7. The maximum absolute atomic E-state index is 12.9. The van der Waals surface area contributed by atoms with Crippen LogP contribution in [-0.4, -0.2) is 29.0 Å². The van der Waals surface area contributed by atoms with Gasteiger partial charge in [0.25, 0.3) is 0 Å². The van der Waals surface area contributed by atoms with Crippen molar-refractivity contribution in [1.82, 2.24) is 4.81 Å². The van der Waals surface area contributed by atoms with E-state index in [1.807, 2.05) is 6.92 Å². The second-order valence-corrected chi connectivity index (χ2v) is 7.31. The standard InChI is InChI=1S/C22H27F3NO4/c1-5-18(21(27)30-6-2)16-9-12-19(20(13-16)26(28,29)14(3)4)15-7-10-17(11-8-15)22(23,24)25/h7-14,18,28-29H,5-6H2,1-4H3/q+1. The first-order valence-corrected chi connectivity index (χ1v) is 9.76. The first-order valence-electron chi connectivity index (χ1n) is 9.76. The molecule has 8 heteroatoms. The Hall–Kier alpha value is -2.42. The zero-order valence-corrected chi connectivity index (χ0v) is 17.4. The molecule has 1 unspecified atom stereocenters. The van der Waals surface area contributed by atoms with Crippen molar-refractivity contribution < 1.29 is 33.1 Å². The van der Waals surface area contributed by atoms with Gasteiger partial charge in [0.05, 0.1) is 18.1 Å². The van der Waals surface area contributed by atoms with E-state index in [1.165, 1.54) is 18.2 Å². The number of quaternary nitrogens is 1. The van der Waals surface area contributed by atoms with Crippen LogP contribution in [0.5, 0.6) is 0 Å². The van der Waals surface area contributed by atoms with Gasteiger partial charge in [0, 0.05) is 11.6 Å². The Kier molecular flexibility index (Phi) is 7.28. The lowest BCUT2D eigenvalue weighted by molar-refractivity contribution is -0.308. The predicted octanol–water partition coefficient (Wildman–Crippen LogP) is 5.92. The first-order chi connectivity index (χ1) is 13.9. The van der Waals surface area contributed by atoms with Crippen molar-refractivity contribution >= 4 is 11.7 Å². The molecule has 0 fully saturated rings. The van der Waals surface area contributed by atoms with Gasteiger partial charge in [0.15, 0.2) is 6.04 Å². The number of ether oxygens (including phenoxy) is 1. The van der Waals surface area contributed by atoms with Gasteiger partial charge in [-0.1, -0.05) is 25.1 Å². The van der Waals surface area contributed by atoms with Gasteiger partial charge < -0.3 is 4.74 Å². The predicted molar refractivity (Wildman–Crippen MR) is 107 cm³/mol. The fourth-order valence-electron chi connectivity index (χ4n) is 3.18. The van der Waals surface area contributed by atoms with Crippen molar-refractivity contribution in [2.45, 2.75) is 52.3 Å². The van der Waals surface area contributed by atoms with Crippen molar-refractivity contribution in [3.05, 3.63) is 53.6 Å². The second kappa shape index (κ2) is 9.16. The van der Waals surface area contributed by atoms with Crippen molar-refractivity contribution in [1.29, 1.82) is 0 Å². The van der Waals surface area contributed by atoms with Gasteiger partial charge >= 0.3 is 12.1 Å². The molecule has 0 aliphatic carbocycles. The Morgan fingerprint density at radius 2 is 1.67 bits per heavy atom. The number of esters is 1. The lowest BCUT2D eigenvalue weighted by Gasteiger charge is -2.28.